The first-order valence-electron chi connectivity index (χ1n) is 4.39. The Balaban J connectivity index is 2.16. The third-order valence-corrected chi connectivity index (χ3v) is 2.55. The van der Waals surface area contributed by atoms with E-state index in [1.807, 2.05) is 6.08 Å². The van der Waals surface area contributed by atoms with Crippen LogP contribution in [0, 0.1) is 0 Å². The third kappa shape index (κ3) is 2.04. The van der Waals surface area contributed by atoms with Crippen molar-refractivity contribution in [3.8, 4) is 0 Å². The molecule has 2 heteroatoms. The van der Waals surface area contributed by atoms with Crippen molar-refractivity contribution in [2.45, 2.75) is 31.2 Å². The van der Waals surface area contributed by atoms with E-state index in [9.17, 15) is 0 Å². The van der Waals surface area contributed by atoms with Crippen molar-refractivity contribution in [1.29, 1.82) is 0 Å². The van der Waals surface area contributed by atoms with E-state index in [4.69, 9.17) is 5.73 Å². The molecule has 0 amide bonds. The molecule has 11 heavy (non-hydrogen) atoms. The Morgan fingerprint density at radius 2 is 2.27 bits per heavy atom. The van der Waals surface area contributed by atoms with Gasteiger partial charge in [0.25, 0.3) is 0 Å². The molecule has 0 unspecified atom stereocenters. The van der Waals surface area contributed by atoms with Gasteiger partial charge >= 0.3 is 0 Å². The van der Waals surface area contributed by atoms with E-state index in [1.165, 1.54) is 19.3 Å². The first-order valence-corrected chi connectivity index (χ1v) is 4.39. The Morgan fingerprint density at radius 3 is 2.64 bits per heavy atom. The summed E-state index contributed by atoms with van der Waals surface area (Å²) in [5.41, 5.74) is 5.96. The molecule has 0 aliphatic heterocycles. The summed E-state index contributed by atoms with van der Waals surface area (Å²) >= 11 is 0. The highest BCUT2D eigenvalue weighted by Crippen LogP contribution is 2.30. The van der Waals surface area contributed by atoms with Gasteiger partial charge in [-0.1, -0.05) is 6.08 Å². The lowest BCUT2D eigenvalue weighted by atomic mass is 9.77. The standard InChI is InChI=1S/C9H18N2/c1-2-3-7-11-9(8-10)5-4-6-9/h2,11H,1,3-8,10H2. The highest BCUT2D eigenvalue weighted by molar-refractivity contribution is 4.96. The second-order valence-electron chi connectivity index (χ2n) is 3.34. The van der Waals surface area contributed by atoms with Crippen LogP contribution in [0.3, 0.4) is 0 Å². The van der Waals surface area contributed by atoms with Gasteiger partial charge in [-0.25, -0.2) is 0 Å². The summed E-state index contributed by atoms with van der Waals surface area (Å²) in [6.45, 7) is 5.49. The SMILES string of the molecule is C=CCCNC1(CN)CCC1. The van der Waals surface area contributed by atoms with Crippen molar-refractivity contribution < 1.29 is 0 Å². The zero-order valence-corrected chi connectivity index (χ0v) is 7.10. The van der Waals surface area contributed by atoms with Gasteiger partial charge in [-0.05, 0) is 32.2 Å². The van der Waals surface area contributed by atoms with Gasteiger partial charge in [0.15, 0.2) is 0 Å². The summed E-state index contributed by atoms with van der Waals surface area (Å²) in [5, 5.41) is 3.49. The Labute approximate surface area is 68.9 Å². The molecule has 0 saturated heterocycles. The topological polar surface area (TPSA) is 38.0 Å². The molecule has 0 heterocycles. The van der Waals surface area contributed by atoms with Gasteiger partial charge in [0.1, 0.15) is 0 Å². The quantitative estimate of drug-likeness (QED) is 0.458. The van der Waals surface area contributed by atoms with Crippen LogP contribution in [-0.4, -0.2) is 18.6 Å². The third-order valence-electron chi connectivity index (χ3n) is 2.55. The lowest BCUT2D eigenvalue weighted by molar-refractivity contribution is 0.195. The van der Waals surface area contributed by atoms with Crippen LogP contribution in [0.15, 0.2) is 12.7 Å². The molecule has 0 aromatic rings. The molecule has 2 nitrogen and oxygen atoms in total. The minimum absolute atomic E-state index is 0.295. The molecule has 3 N–H and O–H groups in total. The molecule has 0 radical (unpaired) electrons. The number of rotatable bonds is 5. The fraction of sp³-hybridized carbons (Fsp3) is 0.778. The van der Waals surface area contributed by atoms with Gasteiger partial charge in [0.2, 0.25) is 0 Å². The zero-order valence-electron chi connectivity index (χ0n) is 7.10. The van der Waals surface area contributed by atoms with Gasteiger partial charge in [0, 0.05) is 12.1 Å². The van der Waals surface area contributed by atoms with Gasteiger partial charge in [-0.15, -0.1) is 6.58 Å². The summed E-state index contributed by atoms with van der Waals surface area (Å²) in [6.07, 6.45) is 6.82. The van der Waals surface area contributed by atoms with E-state index in [2.05, 4.69) is 11.9 Å². The lowest BCUT2D eigenvalue weighted by Gasteiger charge is -2.42. The van der Waals surface area contributed by atoms with E-state index in [0.717, 1.165) is 19.5 Å². The van der Waals surface area contributed by atoms with Crippen LogP contribution in [-0.2, 0) is 0 Å². The number of hydrogen-bond donors (Lipinski definition) is 2. The van der Waals surface area contributed by atoms with Gasteiger partial charge < -0.3 is 11.1 Å². The van der Waals surface area contributed by atoms with Gasteiger partial charge in [-0.3, -0.25) is 0 Å². The normalized spacial score (nSPS) is 20.8. The first-order chi connectivity index (χ1) is 5.33. The maximum atomic E-state index is 5.66. The summed E-state index contributed by atoms with van der Waals surface area (Å²) < 4.78 is 0. The average molecular weight is 154 g/mol. The first kappa shape index (κ1) is 8.75. The van der Waals surface area contributed by atoms with E-state index in [1.54, 1.807) is 0 Å². The van der Waals surface area contributed by atoms with E-state index in [-0.39, 0.29) is 0 Å². The van der Waals surface area contributed by atoms with Crippen molar-refractivity contribution in [1.82, 2.24) is 5.32 Å². The van der Waals surface area contributed by atoms with Crippen molar-refractivity contribution in [3.63, 3.8) is 0 Å². The molecule has 1 aliphatic rings. The molecular formula is C9H18N2. The molecule has 64 valence electrons. The Kier molecular flexibility index (Phi) is 3.09. The Hall–Kier alpha value is -0.340. The summed E-state index contributed by atoms with van der Waals surface area (Å²) in [6, 6.07) is 0. The maximum absolute atomic E-state index is 5.66. The molecule has 0 aromatic heterocycles. The van der Waals surface area contributed by atoms with Crippen LogP contribution < -0.4 is 11.1 Å². The van der Waals surface area contributed by atoms with Gasteiger partial charge in [0.05, 0.1) is 0 Å². The van der Waals surface area contributed by atoms with Crippen molar-refractivity contribution in [2.24, 2.45) is 5.73 Å². The molecule has 0 spiro atoms. The minimum Gasteiger partial charge on any atom is -0.329 e. The molecule has 0 aromatic carbocycles. The summed E-state index contributed by atoms with van der Waals surface area (Å²) in [4.78, 5) is 0. The van der Waals surface area contributed by atoms with Crippen LogP contribution in [0.2, 0.25) is 0 Å². The molecule has 0 atom stereocenters. The fourth-order valence-electron chi connectivity index (χ4n) is 1.50. The molecule has 1 saturated carbocycles. The molecule has 0 bridgehead atoms. The maximum Gasteiger partial charge on any atom is 0.0304 e. The van der Waals surface area contributed by atoms with Gasteiger partial charge in [-0.2, -0.15) is 0 Å². The van der Waals surface area contributed by atoms with Crippen molar-refractivity contribution >= 4 is 0 Å². The van der Waals surface area contributed by atoms with Crippen LogP contribution in [0.4, 0.5) is 0 Å². The van der Waals surface area contributed by atoms with Crippen molar-refractivity contribution in [2.75, 3.05) is 13.1 Å². The summed E-state index contributed by atoms with van der Waals surface area (Å²) in [5.74, 6) is 0. The summed E-state index contributed by atoms with van der Waals surface area (Å²) in [7, 11) is 0. The minimum atomic E-state index is 0.295. The highest BCUT2D eigenvalue weighted by Gasteiger charge is 2.34. The number of nitrogens with one attached hydrogen (secondary N) is 1. The Bertz CT molecular complexity index is 122. The highest BCUT2D eigenvalue weighted by atomic mass is 15.0. The largest absolute Gasteiger partial charge is 0.329 e. The van der Waals surface area contributed by atoms with Crippen LogP contribution in [0.1, 0.15) is 25.7 Å². The molecule has 1 aliphatic carbocycles. The monoisotopic (exact) mass is 154 g/mol. The fourth-order valence-corrected chi connectivity index (χ4v) is 1.50. The Morgan fingerprint density at radius 1 is 1.55 bits per heavy atom. The zero-order chi connectivity index (χ0) is 8.16. The smallest absolute Gasteiger partial charge is 0.0304 e. The molecular weight excluding hydrogens is 136 g/mol. The van der Waals surface area contributed by atoms with Crippen LogP contribution in [0.5, 0.6) is 0 Å². The number of nitrogens with two attached hydrogens (primary N) is 1. The van der Waals surface area contributed by atoms with E-state index < -0.39 is 0 Å². The van der Waals surface area contributed by atoms with E-state index >= 15 is 0 Å². The predicted molar refractivity (Wildman–Crippen MR) is 48.5 cm³/mol. The predicted octanol–water partition coefficient (Wildman–Crippen LogP) is 1.03. The van der Waals surface area contributed by atoms with E-state index in [0.29, 0.717) is 5.54 Å². The second kappa shape index (κ2) is 3.88. The molecule has 1 fully saturated rings. The lowest BCUT2D eigenvalue weighted by Crippen LogP contribution is -2.56. The van der Waals surface area contributed by atoms with Crippen LogP contribution >= 0.6 is 0 Å². The average Bonchev–Trinajstić information content (AvgIpc) is 1.95. The van der Waals surface area contributed by atoms with Crippen LogP contribution in [0.25, 0.3) is 0 Å². The number of hydrogen-bond acceptors (Lipinski definition) is 2. The second-order valence-corrected chi connectivity index (χ2v) is 3.34. The van der Waals surface area contributed by atoms with Crippen molar-refractivity contribution in [3.05, 3.63) is 12.7 Å². The molecule has 1 rings (SSSR count).